The van der Waals surface area contributed by atoms with Gasteiger partial charge in [0.1, 0.15) is 11.3 Å². The fourth-order valence-electron chi connectivity index (χ4n) is 2.34. The molecule has 0 radical (unpaired) electrons. The van der Waals surface area contributed by atoms with Gasteiger partial charge in [-0.3, -0.25) is 0 Å². The topological polar surface area (TPSA) is 54.6 Å². The Morgan fingerprint density at radius 3 is 2.95 bits per heavy atom. The van der Waals surface area contributed by atoms with Gasteiger partial charge in [0.25, 0.3) is 0 Å². The van der Waals surface area contributed by atoms with E-state index < -0.39 is 6.10 Å². The third kappa shape index (κ3) is 4.06. The largest absolute Gasteiger partial charge is 0.459 e. The van der Waals surface area contributed by atoms with Gasteiger partial charge in [0.2, 0.25) is 0 Å². The van der Waals surface area contributed by atoms with Gasteiger partial charge in [-0.25, -0.2) is 0 Å². The number of aliphatic hydroxyl groups is 1. The average Bonchev–Trinajstić information content (AvgIpc) is 3.20. The molecule has 1 aromatic carbocycles. The molecule has 2 N–H and O–H groups in total. The minimum absolute atomic E-state index is 0.0653. The molecule has 2 unspecified atom stereocenters. The van der Waals surface area contributed by atoms with Crippen LogP contribution in [0.25, 0.3) is 11.0 Å². The molecule has 1 aliphatic carbocycles. The summed E-state index contributed by atoms with van der Waals surface area (Å²) in [7, 11) is 0. The zero-order valence-electron chi connectivity index (χ0n) is 12.4. The van der Waals surface area contributed by atoms with Crippen molar-refractivity contribution >= 4 is 11.0 Å². The number of fused-ring (bicyclic) bond motifs is 1. The molecule has 1 aliphatic rings. The van der Waals surface area contributed by atoms with E-state index in [4.69, 9.17) is 9.15 Å². The van der Waals surface area contributed by atoms with Crippen LogP contribution in [-0.2, 0) is 4.74 Å². The van der Waals surface area contributed by atoms with E-state index in [9.17, 15) is 5.11 Å². The molecule has 0 amide bonds. The lowest BCUT2D eigenvalue weighted by Crippen LogP contribution is -2.32. The molecule has 21 heavy (non-hydrogen) atoms. The van der Waals surface area contributed by atoms with Crippen LogP contribution >= 0.6 is 0 Å². The van der Waals surface area contributed by atoms with Crippen molar-refractivity contribution < 1.29 is 14.3 Å². The van der Waals surface area contributed by atoms with Crippen LogP contribution in [0.4, 0.5) is 0 Å². The van der Waals surface area contributed by atoms with E-state index in [2.05, 4.69) is 5.32 Å². The van der Waals surface area contributed by atoms with Crippen LogP contribution in [0.1, 0.15) is 31.6 Å². The number of hydrogen-bond acceptors (Lipinski definition) is 4. The Hall–Kier alpha value is -1.36. The zero-order valence-corrected chi connectivity index (χ0v) is 12.4. The standard InChI is InChI=1S/C17H23NO3/c1-12(17-8-14-4-2-3-5-16(14)21-17)18-9-15(19)11-20-10-13-6-7-13/h2-5,8,12-13,15,18-19H,6-7,9-11H2,1H3. The van der Waals surface area contributed by atoms with Gasteiger partial charge in [0.05, 0.1) is 18.8 Å². The van der Waals surface area contributed by atoms with E-state index in [0.717, 1.165) is 29.3 Å². The first-order valence-electron chi connectivity index (χ1n) is 7.70. The fraction of sp³-hybridized carbons (Fsp3) is 0.529. The molecular weight excluding hydrogens is 266 g/mol. The van der Waals surface area contributed by atoms with Gasteiger partial charge in [0, 0.05) is 18.5 Å². The molecule has 3 rings (SSSR count). The summed E-state index contributed by atoms with van der Waals surface area (Å²) in [6.07, 6.45) is 2.07. The summed E-state index contributed by atoms with van der Waals surface area (Å²) < 4.78 is 11.3. The van der Waals surface area contributed by atoms with Crippen LogP contribution in [-0.4, -0.2) is 31.0 Å². The highest BCUT2D eigenvalue weighted by atomic mass is 16.5. The van der Waals surface area contributed by atoms with E-state index in [1.54, 1.807) is 0 Å². The predicted molar refractivity (Wildman–Crippen MR) is 82.2 cm³/mol. The molecular formula is C17H23NO3. The van der Waals surface area contributed by atoms with Gasteiger partial charge < -0.3 is 19.6 Å². The summed E-state index contributed by atoms with van der Waals surface area (Å²) in [6, 6.07) is 10.1. The van der Waals surface area contributed by atoms with Gasteiger partial charge in [0.15, 0.2) is 0 Å². The van der Waals surface area contributed by atoms with Crippen molar-refractivity contribution in [2.75, 3.05) is 19.8 Å². The molecule has 1 heterocycles. The summed E-state index contributed by atoms with van der Waals surface area (Å²) in [6.45, 7) is 3.73. The third-order valence-corrected chi connectivity index (χ3v) is 3.89. The minimum atomic E-state index is -0.476. The van der Waals surface area contributed by atoms with Gasteiger partial charge >= 0.3 is 0 Å². The number of ether oxygens (including phenoxy) is 1. The van der Waals surface area contributed by atoms with Crippen molar-refractivity contribution in [3.63, 3.8) is 0 Å². The molecule has 1 saturated carbocycles. The predicted octanol–water partition coefficient (Wildman–Crippen LogP) is 2.87. The molecule has 0 spiro atoms. The molecule has 4 heteroatoms. The van der Waals surface area contributed by atoms with Crippen LogP contribution in [0.5, 0.6) is 0 Å². The molecule has 0 saturated heterocycles. The first-order chi connectivity index (χ1) is 10.2. The van der Waals surface area contributed by atoms with E-state index in [-0.39, 0.29) is 6.04 Å². The highest BCUT2D eigenvalue weighted by Gasteiger charge is 2.21. The maximum atomic E-state index is 9.90. The van der Waals surface area contributed by atoms with E-state index >= 15 is 0 Å². The second-order valence-electron chi connectivity index (χ2n) is 5.95. The summed E-state index contributed by atoms with van der Waals surface area (Å²) in [5.41, 5.74) is 0.898. The lowest BCUT2D eigenvalue weighted by molar-refractivity contribution is 0.0312. The molecule has 4 nitrogen and oxygen atoms in total. The lowest BCUT2D eigenvalue weighted by Gasteiger charge is -2.15. The highest BCUT2D eigenvalue weighted by Crippen LogP contribution is 2.28. The minimum Gasteiger partial charge on any atom is -0.459 e. The maximum absolute atomic E-state index is 9.90. The van der Waals surface area contributed by atoms with Crippen molar-refractivity contribution in [3.05, 3.63) is 36.1 Å². The second kappa shape index (κ2) is 6.60. The Labute approximate surface area is 125 Å². The number of benzene rings is 1. The molecule has 1 fully saturated rings. The molecule has 0 bridgehead atoms. The van der Waals surface area contributed by atoms with Crippen LogP contribution in [0.2, 0.25) is 0 Å². The highest BCUT2D eigenvalue weighted by molar-refractivity contribution is 5.77. The number of rotatable bonds is 8. The molecule has 114 valence electrons. The van der Waals surface area contributed by atoms with Crippen molar-refractivity contribution in [3.8, 4) is 0 Å². The monoisotopic (exact) mass is 289 g/mol. The Bertz CT molecular complexity index is 543. The van der Waals surface area contributed by atoms with Crippen molar-refractivity contribution in [2.24, 2.45) is 5.92 Å². The van der Waals surface area contributed by atoms with Crippen LogP contribution < -0.4 is 5.32 Å². The molecule has 0 aliphatic heterocycles. The van der Waals surface area contributed by atoms with Crippen molar-refractivity contribution in [1.82, 2.24) is 5.32 Å². The van der Waals surface area contributed by atoms with Crippen molar-refractivity contribution in [2.45, 2.75) is 31.9 Å². The van der Waals surface area contributed by atoms with Crippen LogP contribution in [0, 0.1) is 5.92 Å². The number of aliphatic hydroxyl groups excluding tert-OH is 1. The SMILES string of the molecule is CC(NCC(O)COCC1CC1)c1cc2ccccc2o1. The van der Waals surface area contributed by atoms with E-state index in [1.165, 1.54) is 12.8 Å². The van der Waals surface area contributed by atoms with E-state index in [1.807, 2.05) is 37.3 Å². The number of hydrogen-bond donors (Lipinski definition) is 2. The molecule has 2 atom stereocenters. The van der Waals surface area contributed by atoms with Gasteiger partial charge in [-0.05, 0) is 37.8 Å². The van der Waals surface area contributed by atoms with E-state index in [0.29, 0.717) is 13.2 Å². The van der Waals surface area contributed by atoms with Crippen LogP contribution in [0.3, 0.4) is 0 Å². The summed E-state index contributed by atoms with van der Waals surface area (Å²) in [5.74, 6) is 1.63. The summed E-state index contributed by atoms with van der Waals surface area (Å²) in [5, 5.41) is 14.3. The maximum Gasteiger partial charge on any atom is 0.134 e. The second-order valence-corrected chi connectivity index (χ2v) is 5.95. The molecule has 1 aromatic heterocycles. The van der Waals surface area contributed by atoms with Gasteiger partial charge in [-0.1, -0.05) is 18.2 Å². The Morgan fingerprint density at radius 1 is 1.38 bits per heavy atom. The normalized spacial score (nSPS) is 18.0. The zero-order chi connectivity index (χ0) is 14.7. The number of para-hydroxylation sites is 1. The first kappa shape index (κ1) is 14.6. The summed E-state index contributed by atoms with van der Waals surface area (Å²) >= 11 is 0. The Balaban J connectivity index is 1.45. The van der Waals surface area contributed by atoms with Gasteiger partial charge in [-0.2, -0.15) is 0 Å². The smallest absolute Gasteiger partial charge is 0.134 e. The average molecular weight is 289 g/mol. The Kier molecular flexibility index (Phi) is 4.58. The number of furan rings is 1. The number of nitrogens with one attached hydrogen (secondary N) is 1. The fourth-order valence-corrected chi connectivity index (χ4v) is 2.34. The van der Waals surface area contributed by atoms with Crippen molar-refractivity contribution in [1.29, 1.82) is 0 Å². The quantitative estimate of drug-likeness (QED) is 0.784. The third-order valence-electron chi connectivity index (χ3n) is 3.89. The molecule has 2 aromatic rings. The summed E-state index contributed by atoms with van der Waals surface area (Å²) in [4.78, 5) is 0. The first-order valence-corrected chi connectivity index (χ1v) is 7.70. The lowest BCUT2D eigenvalue weighted by atomic mass is 10.2. The Morgan fingerprint density at radius 2 is 2.19 bits per heavy atom. The van der Waals surface area contributed by atoms with Crippen LogP contribution in [0.15, 0.2) is 34.7 Å². The van der Waals surface area contributed by atoms with Gasteiger partial charge in [-0.15, -0.1) is 0 Å².